The van der Waals surface area contributed by atoms with Crippen molar-refractivity contribution in [3.05, 3.63) is 23.7 Å². The molecule has 3 nitrogen and oxygen atoms in total. The number of piperidine rings is 1. The zero-order valence-electron chi connectivity index (χ0n) is 12.7. The third-order valence-electron chi connectivity index (χ3n) is 5.16. The first-order valence-electron chi connectivity index (χ1n) is 8.19. The molecular formula is C17H23N3S. The first-order valence-corrected chi connectivity index (χ1v) is 9.07. The van der Waals surface area contributed by atoms with Crippen LogP contribution in [0.25, 0.3) is 10.2 Å². The fourth-order valence-corrected chi connectivity index (χ4v) is 4.65. The minimum atomic E-state index is 0.657. The van der Waals surface area contributed by atoms with Gasteiger partial charge in [0, 0.05) is 30.9 Å². The zero-order chi connectivity index (χ0) is 14.2. The number of fused-ring (bicyclic) bond motifs is 2. The van der Waals surface area contributed by atoms with Crippen LogP contribution < -0.4 is 4.90 Å². The van der Waals surface area contributed by atoms with Crippen molar-refractivity contribution in [2.75, 3.05) is 24.5 Å². The average molecular weight is 301 g/mol. The van der Waals surface area contributed by atoms with Crippen molar-refractivity contribution >= 4 is 27.2 Å². The van der Waals surface area contributed by atoms with E-state index < -0.39 is 0 Å². The molecule has 2 aromatic rings. The Morgan fingerprint density at radius 3 is 3.14 bits per heavy atom. The van der Waals surface area contributed by atoms with Crippen LogP contribution in [0.4, 0.5) is 5.69 Å². The first-order chi connectivity index (χ1) is 10.3. The summed E-state index contributed by atoms with van der Waals surface area (Å²) in [6.07, 6.45) is 5.39. The van der Waals surface area contributed by atoms with Crippen molar-refractivity contribution in [1.29, 1.82) is 0 Å². The maximum absolute atomic E-state index is 4.40. The molecule has 21 heavy (non-hydrogen) atoms. The highest BCUT2D eigenvalue weighted by molar-refractivity contribution is 7.16. The van der Waals surface area contributed by atoms with E-state index in [1.807, 2.05) is 5.51 Å². The van der Waals surface area contributed by atoms with E-state index in [0.717, 1.165) is 11.6 Å². The lowest BCUT2D eigenvalue weighted by Gasteiger charge is -2.49. The molecule has 1 aromatic carbocycles. The van der Waals surface area contributed by atoms with E-state index in [1.54, 1.807) is 11.3 Å². The molecule has 2 saturated heterocycles. The quantitative estimate of drug-likeness (QED) is 0.842. The largest absolute Gasteiger partial charge is 0.366 e. The number of anilines is 1. The Balaban J connectivity index is 1.64. The van der Waals surface area contributed by atoms with Crippen molar-refractivity contribution < 1.29 is 0 Å². The van der Waals surface area contributed by atoms with Crippen LogP contribution in [-0.2, 0) is 0 Å². The number of nitrogens with zero attached hydrogens (tertiary/aromatic N) is 3. The van der Waals surface area contributed by atoms with Gasteiger partial charge in [0.15, 0.2) is 0 Å². The molecule has 2 unspecified atom stereocenters. The lowest BCUT2D eigenvalue weighted by molar-refractivity contribution is 0.111. The molecule has 112 valence electrons. The third-order valence-corrected chi connectivity index (χ3v) is 5.95. The van der Waals surface area contributed by atoms with Crippen molar-refractivity contribution in [2.45, 2.75) is 44.7 Å². The second-order valence-corrected chi connectivity index (χ2v) is 7.25. The standard InChI is InChI=1S/C17H23N3S/c1-2-13-10-19-8-4-3-5-15(19)11-20(13)14-6-7-16-17(9-14)21-12-18-16/h6-7,9,12-13,15H,2-5,8,10-11H2,1H3. The summed E-state index contributed by atoms with van der Waals surface area (Å²) >= 11 is 1.75. The van der Waals surface area contributed by atoms with E-state index in [-0.39, 0.29) is 0 Å². The maximum atomic E-state index is 4.40. The molecular weight excluding hydrogens is 278 g/mol. The van der Waals surface area contributed by atoms with Gasteiger partial charge in [-0.15, -0.1) is 11.3 Å². The van der Waals surface area contributed by atoms with E-state index in [4.69, 9.17) is 0 Å². The topological polar surface area (TPSA) is 19.4 Å². The van der Waals surface area contributed by atoms with E-state index in [0.29, 0.717) is 6.04 Å². The van der Waals surface area contributed by atoms with Gasteiger partial charge in [-0.1, -0.05) is 13.3 Å². The summed E-state index contributed by atoms with van der Waals surface area (Å²) in [7, 11) is 0. The summed E-state index contributed by atoms with van der Waals surface area (Å²) in [6, 6.07) is 8.21. The molecule has 1 aromatic heterocycles. The number of hydrogen-bond donors (Lipinski definition) is 0. The van der Waals surface area contributed by atoms with Crippen LogP contribution in [0.5, 0.6) is 0 Å². The minimum absolute atomic E-state index is 0.657. The summed E-state index contributed by atoms with van der Waals surface area (Å²) in [5.41, 5.74) is 4.47. The summed E-state index contributed by atoms with van der Waals surface area (Å²) in [5.74, 6) is 0. The van der Waals surface area contributed by atoms with Crippen molar-refractivity contribution in [3.8, 4) is 0 Å². The molecule has 0 N–H and O–H groups in total. The number of piperazine rings is 1. The molecule has 0 saturated carbocycles. The van der Waals surface area contributed by atoms with E-state index in [1.165, 1.54) is 55.7 Å². The predicted molar refractivity (Wildman–Crippen MR) is 90.3 cm³/mol. The number of benzene rings is 1. The van der Waals surface area contributed by atoms with Gasteiger partial charge in [-0.05, 0) is 44.0 Å². The van der Waals surface area contributed by atoms with E-state index in [2.05, 4.69) is 39.9 Å². The highest BCUT2D eigenvalue weighted by atomic mass is 32.1. The molecule has 3 heterocycles. The van der Waals surface area contributed by atoms with E-state index >= 15 is 0 Å². The lowest BCUT2D eigenvalue weighted by Crippen LogP contribution is -2.59. The molecule has 0 aliphatic carbocycles. The van der Waals surface area contributed by atoms with Crippen LogP contribution in [0, 0.1) is 0 Å². The number of thiazole rings is 1. The Morgan fingerprint density at radius 2 is 2.24 bits per heavy atom. The Kier molecular flexibility index (Phi) is 3.59. The Morgan fingerprint density at radius 1 is 1.29 bits per heavy atom. The normalized spacial score (nSPS) is 27.0. The SMILES string of the molecule is CCC1CN2CCCCC2CN1c1ccc2ncsc2c1. The molecule has 0 bridgehead atoms. The van der Waals surface area contributed by atoms with Crippen LogP contribution >= 0.6 is 11.3 Å². The van der Waals surface area contributed by atoms with Crippen LogP contribution in [-0.4, -0.2) is 41.6 Å². The van der Waals surface area contributed by atoms with Gasteiger partial charge in [0.05, 0.1) is 15.7 Å². The Bertz CT molecular complexity index is 623. The number of rotatable bonds is 2. The summed E-state index contributed by atoms with van der Waals surface area (Å²) < 4.78 is 1.31. The fourth-order valence-electron chi connectivity index (χ4n) is 3.94. The monoisotopic (exact) mass is 301 g/mol. The maximum Gasteiger partial charge on any atom is 0.0813 e. The van der Waals surface area contributed by atoms with Gasteiger partial charge in [0.2, 0.25) is 0 Å². The van der Waals surface area contributed by atoms with E-state index in [9.17, 15) is 0 Å². The van der Waals surface area contributed by atoms with Gasteiger partial charge in [-0.2, -0.15) is 0 Å². The Hall–Kier alpha value is -1.13. The molecule has 4 rings (SSSR count). The summed E-state index contributed by atoms with van der Waals surface area (Å²) in [4.78, 5) is 9.80. The molecule has 2 fully saturated rings. The smallest absolute Gasteiger partial charge is 0.0813 e. The van der Waals surface area contributed by atoms with Crippen molar-refractivity contribution in [3.63, 3.8) is 0 Å². The van der Waals surface area contributed by atoms with Gasteiger partial charge in [0.1, 0.15) is 0 Å². The fraction of sp³-hybridized carbons (Fsp3) is 0.588. The highest BCUT2D eigenvalue weighted by Gasteiger charge is 2.34. The third kappa shape index (κ3) is 2.44. The van der Waals surface area contributed by atoms with Gasteiger partial charge >= 0.3 is 0 Å². The predicted octanol–water partition coefficient (Wildman–Crippen LogP) is 3.75. The molecule has 0 spiro atoms. The van der Waals surface area contributed by atoms with Crippen LogP contribution in [0.1, 0.15) is 32.6 Å². The summed E-state index contributed by atoms with van der Waals surface area (Å²) in [6.45, 7) is 6.07. The zero-order valence-corrected chi connectivity index (χ0v) is 13.5. The second kappa shape index (κ2) is 5.58. The molecule has 0 radical (unpaired) electrons. The first kappa shape index (κ1) is 13.5. The molecule has 2 aliphatic heterocycles. The summed E-state index contributed by atoms with van der Waals surface area (Å²) in [5, 5.41) is 0. The highest BCUT2D eigenvalue weighted by Crippen LogP contribution is 2.31. The number of aromatic nitrogens is 1. The van der Waals surface area contributed by atoms with Crippen LogP contribution in [0.15, 0.2) is 23.7 Å². The van der Waals surface area contributed by atoms with Gasteiger partial charge in [0.25, 0.3) is 0 Å². The van der Waals surface area contributed by atoms with Gasteiger partial charge < -0.3 is 4.90 Å². The molecule has 4 heteroatoms. The average Bonchev–Trinajstić information content (AvgIpc) is 3.01. The van der Waals surface area contributed by atoms with Crippen LogP contribution in [0.3, 0.4) is 0 Å². The van der Waals surface area contributed by atoms with Crippen molar-refractivity contribution in [1.82, 2.24) is 9.88 Å². The molecule has 0 amide bonds. The molecule has 2 atom stereocenters. The van der Waals surface area contributed by atoms with Gasteiger partial charge in [-0.25, -0.2) is 4.98 Å². The van der Waals surface area contributed by atoms with Gasteiger partial charge in [-0.3, -0.25) is 4.90 Å². The number of hydrogen-bond acceptors (Lipinski definition) is 4. The second-order valence-electron chi connectivity index (χ2n) is 6.36. The minimum Gasteiger partial charge on any atom is -0.366 e. The lowest BCUT2D eigenvalue weighted by atomic mass is 9.95. The molecule has 2 aliphatic rings. The Labute approximate surface area is 130 Å². The van der Waals surface area contributed by atoms with Crippen LogP contribution in [0.2, 0.25) is 0 Å². The van der Waals surface area contributed by atoms with Crippen molar-refractivity contribution in [2.24, 2.45) is 0 Å².